The quantitative estimate of drug-likeness (QED) is 0.330. The molecule has 26 heavy (non-hydrogen) atoms. The van der Waals surface area contributed by atoms with E-state index in [1.807, 2.05) is 30.3 Å². The highest BCUT2D eigenvalue weighted by molar-refractivity contribution is 14.0. The van der Waals surface area contributed by atoms with E-state index < -0.39 is 5.82 Å². The Morgan fingerprint density at radius 3 is 2.62 bits per heavy atom. The van der Waals surface area contributed by atoms with E-state index in [-0.39, 0.29) is 42.2 Å². The number of aromatic nitrogens is 1. The van der Waals surface area contributed by atoms with Crippen LogP contribution in [-0.4, -0.2) is 10.9 Å². The molecule has 0 saturated carbocycles. The van der Waals surface area contributed by atoms with E-state index in [1.165, 1.54) is 12.3 Å². The van der Waals surface area contributed by atoms with Gasteiger partial charge in [-0.15, -0.1) is 24.0 Å². The molecule has 0 aliphatic carbocycles. The minimum Gasteiger partial charge on any atom is -0.453 e. The van der Waals surface area contributed by atoms with Crippen molar-refractivity contribution in [3.8, 4) is 11.5 Å². The number of hydrogen-bond acceptors (Lipinski definition) is 3. The smallest absolute Gasteiger partial charge is 0.193 e. The molecule has 0 amide bonds. The molecule has 0 aliphatic rings. The zero-order valence-electron chi connectivity index (χ0n) is 13.8. The number of rotatable bonds is 5. The molecule has 1 aromatic heterocycles. The fraction of sp³-hybridized carbons (Fsp3) is 0.0526. The molecule has 0 atom stereocenters. The Morgan fingerprint density at radius 1 is 1.12 bits per heavy atom. The highest BCUT2D eigenvalue weighted by atomic mass is 127. The minimum absolute atomic E-state index is 0. The highest BCUT2D eigenvalue weighted by Crippen LogP contribution is 2.24. The summed E-state index contributed by atoms with van der Waals surface area (Å²) in [5, 5.41) is 2.97. The number of nitrogens with two attached hydrogens (primary N) is 1. The Hall–Kier alpha value is -2.68. The number of benzene rings is 2. The Kier molecular flexibility index (Phi) is 7.34. The molecule has 0 saturated heterocycles. The van der Waals surface area contributed by atoms with Gasteiger partial charge < -0.3 is 15.8 Å². The first-order valence-corrected chi connectivity index (χ1v) is 7.69. The first kappa shape index (κ1) is 19.6. The van der Waals surface area contributed by atoms with E-state index in [0.29, 0.717) is 11.3 Å². The van der Waals surface area contributed by atoms with Gasteiger partial charge in [0.25, 0.3) is 0 Å². The van der Waals surface area contributed by atoms with Gasteiger partial charge >= 0.3 is 0 Å². The van der Waals surface area contributed by atoms with E-state index in [0.717, 1.165) is 5.69 Å². The van der Waals surface area contributed by atoms with Crippen LogP contribution in [-0.2, 0) is 6.54 Å². The number of hydrogen-bond donors (Lipinski definition) is 2. The SMILES string of the molecule is I.NC(=NCc1ccc(Oc2cccnc2)c(F)c1)Nc1ccccc1. The number of pyridine rings is 1. The first-order chi connectivity index (χ1) is 12.2. The second-order valence-corrected chi connectivity index (χ2v) is 5.25. The molecule has 3 N–H and O–H groups in total. The summed E-state index contributed by atoms with van der Waals surface area (Å²) in [6.45, 7) is 0.260. The van der Waals surface area contributed by atoms with Crippen LogP contribution in [0.4, 0.5) is 10.1 Å². The molecule has 0 spiro atoms. The van der Waals surface area contributed by atoms with Crippen LogP contribution in [0.5, 0.6) is 11.5 Å². The third-order valence-electron chi connectivity index (χ3n) is 3.34. The highest BCUT2D eigenvalue weighted by Gasteiger charge is 2.06. The van der Waals surface area contributed by atoms with E-state index in [9.17, 15) is 4.39 Å². The fourth-order valence-corrected chi connectivity index (χ4v) is 2.15. The number of nitrogens with zero attached hydrogens (tertiary/aromatic N) is 2. The van der Waals surface area contributed by atoms with Gasteiger partial charge in [-0.05, 0) is 42.0 Å². The maximum atomic E-state index is 14.2. The van der Waals surface area contributed by atoms with E-state index >= 15 is 0 Å². The first-order valence-electron chi connectivity index (χ1n) is 7.69. The van der Waals surface area contributed by atoms with Crippen molar-refractivity contribution >= 4 is 35.6 Å². The maximum absolute atomic E-state index is 14.2. The Bertz CT molecular complexity index is 860. The Labute approximate surface area is 168 Å². The van der Waals surface area contributed by atoms with Crippen molar-refractivity contribution < 1.29 is 9.13 Å². The van der Waals surface area contributed by atoms with Crippen LogP contribution in [0, 0.1) is 5.82 Å². The minimum atomic E-state index is -0.467. The zero-order chi connectivity index (χ0) is 17.5. The summed E-state index contributed by atoms with van der Waals surface area (Å²) in [5.74, 6) is 0.410. The zero-order valence-corrected chi connectivity index (χ0v) is 16.1. The van der Waals surface area contributed by atoms with Crippen molar-refractivity contribution in [1.29, 1.82) is 0 Å². The van der Waals surface area contributed by atoms with Gasteiger partial charge in [0.05, 0.1) is 12.7 Å². The fourth-order valence-electron chi connectivity index (χ4n) is 2.15. The molecule has 0 aliphatic heterocycles. The second-order valence-electron chi connectivity index (χ2n) is 5.25. The van der Waals surface area contributed by atoms with E-state index in [4.69, 9.17) is 10.5 Å². The summed E-state index contributed by atoms with van der Waals surface area (Å²) < 4.78 is 19.6. The van der Waals surface area contributed by atoms with Gasteiger partial charge in [-0.3, -0.25) is 4.98 Å². The standard InChI is InChI=1S/C19H17FN4O.HI/c20-17-11-14(8-9-18(17)25-16-7-4-10-22-13-16)12-23-19(21)24-15-5-2-1-3-6-15;/h1-11,13H,12H2,(H3,21,23,24);1H. The molecule has 3 rings (SSSR count). The lowest BCUT2D eigenvalue weighted by Crippen LogP contribution is -2.22. The van der Waals surface area contributed by atoms with Crippen LogP contribution in [0.3, 0.4) is 0 Å². The Balaban J connectivity index is 0.00000243. The van der Waals surface area contributed by atoms with Crippen LogP contribution >= 0.6 is 24.0 Å². The molecule has 0 unspecified atom stereocenters. The summed E-state index contributed by atoms with van der Waals surface area (Å²) in [5.41, 5.74) is 7.37. The number of halogens is 2. The van der Waals surface area contributed by atoms with Crippen LogP contribution in [0.15, 0.2) is 78.0 Å². The van der Waals surface area contributed by atoms with Crippen molar-refractivity contribution in [2.75, 3.05) is 5.32 Å². The average molecular weight is 464 g/mol. The average Bonchev–Trinajstić information content (AvgIpc) is 2.64. The summed E-state index contributed by atoms with van der Waals surface area (Å²) in [4.78, 5) is 8.14. The van der Waals surface area contributed by atoms with E-state index in [1.54, 1.807) is 30.5 Å². The van der Waals surface area contributed by atoms with Crippen LogP contribution < -0.4 is 15.8 Å². The van der Waals surface area contributed by atoms with Gasteiger partial charge in [-0.1, -0.05) is 24.3 Å². The van der Waals surface area contributed by atoms with Gasteiger partial charge in [0.1, 0.15) is 5.75 Å². The molecule has 2 aromatic carbocycles. The normalized spacial score (nSPS) is 10.7. The van der Waals surface area contributed by atoms with Gasteiger partial charge in [0, 0.05) is 11.9 Å². The van der Waals surface area contributed by atoms with Crippen molar-refractivity contribution in [2.24, 2.45) is 10.7 Å². The molecule has 0 fully saturated rings. The molecule has 3 aromatic rings. The number of ether oxygens (including phenoxy) is 1. The predicted octanol–water partition coefficient (Wildman–Crippen LogP) is 4.56. The monoisotopic (exact) mass is 464 g/mol. The number of nitrogens with one attached hydrogen (secondary N) is 1. The van der Waals surface area contributed by atoms with Crippen molar-refractivity contribution in [3.05, 3.63) is 84.4 Å². The van der Waals surface area contributed by atoms with Gasteiger partial charge in [-0.25, -0.2) is 9.38 Å². The van der Waals surface area contributed by atoms with Crippen LogP contribution in [0.2, 0.25) is 0 Å². The topological polar surface area (TPSA) is 72.5 Å². The summed E-state index contributed by atoms with van der Waals surface area (Å²) in [7, 11) is 0. The molecule has 0 bridgehead atoms. The molecular formula is C19H18FIN4O. The number of para-hydroxylation sites is 1. The molecule has 134 valence electrons. The van der Waals surface area contributed by atoms with Crippen molar-refractivity contribution in [3.63, 3.8) is 0 Å². The third-order valence-corrected chi connectivity index (χ3v) is 3.34. The molecule has 0 radical (unpaired) electrons. The number of anilines is 1. The van der Waals surface area contributed by atoms with Crippen LogP contribution in [0.25, 0.3) is 0 Å². The molecule has 5 nitrogen and oxygen atoms in total. The van der Waals surface area contributed by atoms with E-state index in [2.05, 4.69) is 15.3 Å². The van der Waals surface area contributed by atoms with Gasteiger partial charge in [-0.2, -0.15) is 0 Å². The second kappa shape index (κ2) is 9.71. The lowest BCUT2D eigenvalue weighted by molar-refractivity contribution is 0.440. The van der Waals surface area contributed by atoms with Crippen LogP contribution in [0.1, 0.15) is 5.56 Å². The number of aliphatic imine (C=N–C) groups is 1. The summed E-state index contributed by atoms with van der Waals surface area (Å²) in [6.07, 6.45) is 3.14. The lowest BCUT2D eigenvalue weighted by atomic mass is 10.2. The number of guanidine groups is 1. The molecule has 7 heteroatoms. The predicted molar refractivity (Wildman–Crippen MR) is 112 cm³/mol. The van der Waals surface area contributed by atoms with Crippen molar-refractivity contribution in [1.82, 2.24) is 4.98 Å². The Morgan fingerprint density at radius 2 is 1.92 bits per heavy atom. The maximum Gasteiger partial charge on any atom is 0.193 e. The lowest BCUT2D eigenvalue weighted by Gasteiger charge is -2.08. The summed E-state index contributed by atoms with van der Waals surface area (Å²) >= 11 is 0. The molecule has 1 heterocycles. The van der Waals surface area contributed by atoms with Gasteiger partial charge in [0.2, 0.25) is 0 Å². The van der Waals surface area contributed by atoms with Gasteiger partial charge in [0.15, 0.2) is 17.5 Å². The third kappa shape index (κ3) is 5.69. The van der Waals surface area contributed by atoms with Crippen molar-refractivity contribution in [2.45, 2.75) is 6.54 Å². The summed E-state index contributed by atoms with van der Waals surface area (Å²) in [6, 6.07) is 17.6. The molecular weight excluding hydrogens is 446 g/mol. The largest absolute Gasteiger partial charge is 0.453 e.